The lowest BCUT2D eigenvalue weighted by Crippen LogP contribution is -2.26. The number of anilines is 1. The van der Waals surface area contributed by atoms with Crippen LogP contribution in [0.2, 0.25) is 0 Å². The van der Waals surface area contributed by atoms with Crippen molar-refractivity contribution in [1.82, 2.24) is 14.8 Å². The van der Waals surface area contributed by atoms with Crippen molar-refractivity contribution >= 4 is 11.6 Å². The Morgan fingerprint density at radius 3 is 2.75 bits per heavy atom. The summed E-state index contributed by atoms with van der Waals surface area (Å²) in [6, 6.07) is 3.76. The molecule has 0 fully saturated rings. The molecule has 2 aromatic rings. The van der Waals surface area contributed by atoms with Gasteiger partial charge in [0.05, 0.1) is 6.20 Å². The summed E-state index contributed by atoms with van der Waals surface area (Å²) in [7, 11) is 3.71. The maximum Gasteiger partial charge on any atom is 0.227 e. The number of carbonyl (C=O) groups excluding carboxylic acids is 1. The SMILES string of the molecule is Cc1cc(N(C)C(=O)CCc2cnn(C)c2C)ccn1. The summed E-state index contributed by atoms with van der Waals surface area (Å²) in [4.78, 5) is 18.0. The molecule has 0 spiro atoms. The molecule has 5 nitrogen and oxygen atoms in total. The summed E-state index contributed by atoms with van der Waals surface area (Å²) in [5.74, 6) is 0.0962. The molecule has 2 rings (SSSR count). The minimum absolute atomic E-state index is 0.0962. The quantitative estimate of drug-likeness (QED) is 0.855. The number of hydrogen-bond donors (Lipinski definition) is 0. The monoisotopic (exact) mass is 272 g/mol. The van der Waals surface area contributed by atoms with Gasteiger partial charge in [-0.25, -0.2) is 0 Å². The Hall–Kier alpha value is -2.17. The van der Waals surface area contributed by atoms with Crippen LogP contribution in [0.4, 0.5) is 5.69 Å². The summed E-state index contributed by atoms with van der Waals surface area (Å²) < 4.78 is 1.83. The van der Waals surface area contributed by atoms with Crippen molar-refractivity contribution in [3.8, 4) is 0 Å². The van der Waals surface area contributed by atoms with E-state index >= 15 is 0 Å². The van der Waals surface area contributed by atoms with E-state index in [1.807, 2.05) is 43.9 Å². The molecule has 2 aromatic heterocycles. The van der Waals surface area contributed by atoms with E-state index < -0.39 is 0 Å². The van der Waals surface area contributed by atoms with Crippen molar-refractivity contribution in [2.45, 2.75) is 26.7 Å². The first kappa shape index (κ1) is 14.2. The average molecular weight is 272 g/mol. The Labute approximate surface area is 119 Å². The van der Waals surface area contributed by atoms with E-state index in [1.165, 1.54) is 0 Å². The van der Waals surface area contributed by atoms with Crippen molar-refractivity contribution in [2.75, 3.05) is 11.9 Å². The number of aromatic nitrogens is 3. The molecule has 2 heterocycles. The van der Waals surface area contributed by atoms with Gasteiger partial charge in [0.1, 0.15) is 0 Å². The van der Waals surface area contributed by atoms with E-state index in [9.17, 15) is 4.79 Å². The molecule has 0 bridgehead atoms. The van der Waals surface area contributed by atoms with Crippen LogP contribution < -0.4 is 4.90 Å². The summed E-state index contributed by atoms with van der Waals surface area (Å²) in [5.41, 5.74) is 4.02. The summed E-state index contributed by atoms with van der Waals surface area (Å²) >= 11 is 0. The molecule has 0 saturated carbocycles. The third-order valence-electron chi connectivity index (χ3n) is 3.59. The Morgan fingerprint density at radius 1 is 1.40 bits per heavy atom. The van der Waals surface area contributed by atoms with Crippen LogP contribution in [0.3, 0.4) is 0 Å². The highest BCUT2D eigenvalue weighted by Gasteiger charge is 2.13. The van der Waals surface area contributed by atoms with Crippen molar-refractivity contribution in [1.29, 1.82) is 0 Å². The van der Waals surface area contributed by atoms with Gasteiger partial charge in [-0.1, -0.05) is 0 Å². The van der Waals surface area contributed by atoms with E-state index in [2.05, 4.69) is 10.1 Å². The van der Waals surface area contributed by atoms with Gasteiger partial charge in [0.2, 0.25) is 5.91 Å². The maximum atomic E-state index is 12.2. The highest BCUT2D eigenvalue weighted by Crippen LogP contribution is 2.15. The lowest BCUT2D eigenvalue weighted by atomic mass is 10.1. The van der Waals surface area contributed by atoms with Gasteiger partial charge in [-0.15, -0.1) is 0 Å². The van der Waals surface area contributed by atoms with Gasteiger partial charge in [-0.05, 0) is 38.0 Å². The zero-order valence-electron chi connectivity index (χ0n) is 12.4. The molecule has 0 atom stereocenters. The molecule has 0 saturated heterocycles. The van der Waals surface area contributed by atoms with E-state index in [-0.39, 0.29) is 5.91 Å². The molecule has 0 unspecified atom stereocenters. The van der Waals surface area contributed by atoms with Crippen molar-refractivity contribution < 1.29 is 4.79 Å². The largest absolute Gasteiger partial charge is 0.315 e. The molecule has 1 amide bonds. The number of rotatable bonds is 4. The van der Waals surface area contributed by atoms with Crippen LogP contribution in [0.1, 0.15) is 23.4 Å². The molecule has 20 heavy (non-hydrogen) atoms. The Balaban J connectivity index is 2.00. The minimum atomic E-state index is 0.0962. The number of hydrogen-bond acceptors (Lipinski definition) is 3. The number of aryl methyl sites for hydroxylation is 3. The lowest BCUT2D eigenvalue weighted by molar-refractivity contribution is -0.118. The normalized spacial score (nSPS) is 10.6. The second-order valence-corrected chi connectivity index (χ2v) is 4.99. The van der Waals surface area contributed by atoms with E-state index in [1.54, 1.807) is 18.1 Å². The second kappa shape index (κ2) is 5.86. The van der Waals surface area contributed by atoms with E-state index in [0.29, 0.717) is 12.8 Å². The number of carbonyl (C=O) groups is 1. The molecule has 0 aliphatic heterocycles. The van der Waals surface area contributed by atoms with Crippen LogP contribution in [0, 0.1) is 13.8 Å². The molecule has 0 aliphatic carbocycles. The highest BCUT2D eigenvalue weighted by molar-refractivity contribution is 5.92. The van der Waals surface area contributed by atoms with Gasteiger partial charge in [-0.2, -0.15) is 5.10 Å². The van der Waals surface area contributed by atoms with Gasteiger partial charge >= 0.3 is 0 Å². The van der Waals surface area contributed by atoms with Gasteiger partial charge < -0.3 is 4.90 Å². The topological polar surface area (TPSA) is 51.0 Å². The Kier molecular flexibility index (Phi) is 4.17. The standard InChI is InChI=1S/C15H20N4O/c1-11-9-14(7-8-16-11)18(3)15(20)6-5-13-10-17-19(4)12(13)2/h7-10H,5-6H2,1-4H3. The Morgan fingerprint density at radius 2 is 2.15 bits per heavy atom. The highest BCUT2D eigenvalue weighted by atomic mass is 16.2. The van der Waals surface area contributed by atoms with Crippen LogP contribution in [-0.4, -0.2) is 27.7 Å². The average Bonchev–Trinajstić information content (AvgIpc) is 2.75. The number of nitrogens with zero attached hydrogens (tertiary/aromatic N) is 4. The van der Waals surface area contributed by atoms with Gasteiger partial charge in [0, 0.05) is 43.8 Å². The molecule has 0 radical (unpaired) electrons. The third-order valence-corrected chi connectivity index (χ3v) is 3.59. The fourth-order valence-corrected chi connectivity index (χ4v) is 2.08. The zero-order chi connectivity index (χ0) is 14.7. The van der Waals surface area contributed by atoms with Crippen LogP contribution in [0.25, 0.3) is 0 Å². The van der Waals surface area contributed by atoms with Gasteiger partial charge in [0.25, 0.3) is 0 Å². The second-order valence-electron chi connectivity index (χ2n) is 4.99. The van der Waals surface area contributed by atoms with Crippen molar-refractivity contribution in [3.63, 3.8) is 0 Å². The molecule has 0 aromatic carbocycles. The fraction of sp³-hybridized carbons (Fsp3) is 0.400. The Bertz CT molecular complexity index is 618. The first-order valence-electron chi connectivity index (χ1n) is 6.65. The minimum Gasteiger partial charge on any atom is -0.315 e. The summed E-state index contributed by atoms with van der Waals surface area (Å²) in [6.07, 6.45) is 4.75. The fourth-order valence-electron chi connectivity index (χ4n) is 2.08. The maximum absolute atomic E-state index is 12.2. The predicted octanol–water partition coefficient (Wildman–Crippen LogP) is 2.03. The van der Waals surface area contributed by atoms with Crippen LogP contribution >= 0.6 is 0 Å². The first-order chi connectivity index (χ1) is 9.49. The molecular weight excluding hydrogens is 252 g/mol. The number of pyridine rings is 1. The van der Waals surface area contributed by atoms with E-state index in [4.69, 9.17) is 0 Å². The van der Waals surface area contributed by atoms with Gasteiger partial charge in [0.15, 0.2) is 0 Å². The van der Waals surface area contributed by atoms with Crippen LogP contribution in [0.15, 0.2) is 24.5 Å². The van der Waals surface area contributed by atoms with Crippen LogP contribution in [-0.2, 0) is 18.3 Å². The van der Waals surface area contributed by atoms with Crippen molar-refractivity contribution in [3.05, 3.63) is 41.5 Å². The molecule has 0 N–H and O–H groups in total. The molecule has 106 valence electrons. The van der Waals surface area contributed by atoms with Gasteiger partial charge in [-0.3, -0.25) is 14.5 Å². The summed E-state index contributed by atoms with van der Waals surface area (Å²) in [5, 5.41) is 4.19. The molecule has 0 aliphatic rings. The third kappa shape index (κ3) is 3.04. The van der Waals surface area contributed by atoms with Crippen molar-refractivity contribution in [2.24, 2.45) is 7.05 Å². The van der Waals surface area contributed by atoms with E-state index in [0.717, 1.165) is 22.6 Å². The number of amides is 1. The van der Waals surface area contributed by atoms with Crippen LogP contribution in [0.5, 0.6) is 0 Å². The first-order valence-corrected chi connectivity index (χ1v) is 6.65. The molecular formula is C15H20N4O. The smallest absolute Gasteiger partial charge is 0.227 e. The zero-order valence-corrected chi connectivity index (χ0v) is 12.4. The lowest BCUT2D eigenvalue weighted by Gasteiger charge is -2.17. The predicted molar refractivity (Wildman–Crippen MR) is 78.7 cm³/mol. The summed E-state index contributed by atoms with van der Waals surface area (Å²) in [6.45, 7) is 3.93. The molecule has 5 heteroatoms.